The lowest BCUT2D eigenvalue weighted by atomic mass is 9.90. The van der Waals surface area contributed by atoms with Crippen LogP contribution in [0.15, 0.2) is 273 Å². The van der Waals surface area contributed by atoms with Crippen molar-refractivity contribution in [1.82, 2.24) is 0 Å². The lowest BCUT2D eigenvalue weighted by Crippen LogP contribution is -2.09. The molecule has 13 aromatic carbocycles. The van der Waals surface area contributed by atoms with Crippen molar-refractivity contribution < 1.29 is 0 Å². The second-order valence-electron chi connectivity index (χ2n) is 18.0. The summed E-state index contributed by atoms with van der Waals surface area (Å²) < 4.78 is 0. The highest BCUT2D eigenvalue weighted by Crippen LogP contribution is 2.43. The molecule has 1 heteroatoms. The Morgan fingerprint density at radius 1 is 0.188 bits per heavy atom. The van der Waals surface area contributed by atoms with Gasteiger partial charge in [-0.1, -0.05) is 224 Å². The van der Waals surface area contributed by atoms with Gasteiger partial charge < -0.3 is 4.90 Å². The zero-order valence-electron chi connectivity index (χ0n) is 37.9. The number of anilines is 3. The van der Waals surface area contributed by atoms with E-state index in [9.17, 15) is 0 Å². The van der Waals surface area contributed by atoms with Crippen LogP contribution in [0.5, 0.6) is 0 Å². The highest BCUT2D eigenvalue weighted by atomic mass is 15.1. The average Bonchev–Trinajstić information content (AvgIpc) is 3.43. The predicted molar refractivity (Wildman–Crippen MR) is 296 cm³/mol. The van der Waals surface area contributed by atoms with Gasteiger partial charge in [0.25, 0.3) is 0 Å². The minimum Gasteiger partial charge on any atom is -0.311 e. The van der Waals surface area contributed by atoms with Crippen molar-refractivity contribution in [2.45, 2.75) is 0 Å². The van der Waals surface area contributed by atoms with Crippen molar-refractivity contribution in [3.63, 3.8) is 0 Å². The standard InChI is InChI=1S/C68H45N/c1-2-14-53(15-3-1)68-60-17-7-6-13-51(60)34-42-61(68)52-32-40-59(41-33-52)69(57-36-28-48(29-37-57)47-22-24-49(25-23-47)55-27-26-46-12-4-5-16-54(46)44-55)58-38-30-50(31-39-58)56-35-43-66-64-20-9-8-18-62(64)63-19-10-11-21-65(63)67(66)45-56/h1-45H. The third-order valence-corrected chi connectivity index (χ3v) is 14.1. The minimum absolute atomic E-state index is 1.09. The van der Waals surface area contributed by atoms with Crippen LogP contribution in [0.3, 0.4) is 0 Å². The number of nitrogens with zero attached hydrogens (tertiary/aromatic N) is 1. The molecule has 0 amide bonds. The Hall–Kier alpha value is -9.04. The first kappa shape index (κ1) is 40.3. The van der Waals surface area contributed by atoms with Crippen LogP contribution in [0.2, 0.25) is 0 Å². The quantitative estimate of drug-likeness (QED) is 0.138. The van der Waals surface area contributed by atoms with Crippen molar-refractivity contribution in [2.24, 2.45) is 0 Å². The number of rotatable bonds is 8. The van der Waals surface area contributed by atoms with Crippen molar-refractivity contribution in [1.29, 1.82) is 0 Å². The molecule has 0 aliphatic rings. The molecule has 0 saturated carbocycles. The molecule has 13 aromatic rings. The summed E-state index contributed by atoms with van der Waals surface area (Å²) in [6.07, 6.45) is 0. The Balaban J connectivity index is 0.876. The zero-order chi connectivity index (χ0) is 45.7. The molecule has 0 radical (unpaired) electrons. The molecule has 0 aromatic heterocycles. The van der Waals surface area contributed by atoms with Crippen LogP contribution < -0.4 is 4.90 Å². The van der Waals surface area contributed by atoms with Crippen molar-refractivity contribution >= 4 is 70.9 Å². The van der Waals surface area contributed by atoms with Crippen LogP contribution in [0, 0.1) is 0 Å². The largest absolute Gasteiger partial charge is 0.311 e. The van der Waals surface area contributed by atoms with E-state index in [2.05, 4.69) is 278 Å². The van der Waals surface area contributed by atoms with E-state index in [4.69, 9.17) is 0 Å². The molecular formula is C68H45N. The molecule has 0 N–H and O–H groups in total. The fourth-order valence-corrected chi connectivity index (χ4v) is 10.6. The topological polar surface area (TPSA) is 3.24 Å². The van der Waals surface area contributed by atoms with E-state index in [-0.39, 0.29) is 0 Å². The molecule has 0 aliphatic carbocycles. The third-order valence-electron chi connectivity index (χ3n) is 14.1. The summed E-state index contributed by atoms with van der Waals surface area (Å²) >= 11 is 0. The van der Waals surface area contributed by atoms with Gasteiger partial charge in [-0.3, -0.25) is 0 Å². The fourth-order valence-electron chi connectivity index (χ4n) is 10.6. The Labute approximate surface area is 402 Å². The van der Waals surface area contributed by atoms with E-state index in [1.807, 2.05) is 0 Å². The minimum atomic E-state index is 1.09. The maximum absolute atomic E-state index is 2.37. The van der Waals surface area contributed by atoms with E-state index < -0.39 is 0 Å². The molecule has 1 nitrogen and oxygen atoms in total. The lowest BCUT2D eigenvalue weighted by molar-refractivity contribution is 1.28. The summed E-state index contributed by atoms with van der Waals surface area (Å²) in [5.41, 5.74) is 15.3. The van der Waals surface area contributed by atoms with Crippen molar-refractivity contribution in [3.05, 3.63) is 273 Å². The van der Waals surface area contributed by atoms with Crippen molar-refractivity contribution in [3.8, 4) is 55.6 Å². The van der Waals surface area contributed by atoms with Gasteiger partial charge in [0.05, 0.1) is 0 Å². The monoisotopic (exact) mass is 875 g/mol. The van der Waals surface area contributed by atoms with Crippen molar-refractivity contribution in [2.75, 3.05) is 4.90 Å². The van der Waals surface area contributed by atoms with E-state index in [1.165, 1.54) is 109 Å². The summed E-state index contributed by atoms with van der Waals surface area (Å²) in [6, 6.07) is 99.9. The Bertz CT molecular complexity index is 3980. The Morgan fingerprint density at radius 3 is 1.14 bits per heavy atom. The number of benzene rings is 13. The molecule has 0 saturated heterocycles. The predicted octanol–water partition coefficient (Wildman–Crippen LogP) is 19.3. The number of fused-ring (bicyclic) bond motifs is 8. The van der Waals surface area contributed by atoms with Crippen LogP contribution in [0.4, 0.5) is 17.1 Å². The number of hydrogen-bond donors (Lipinski definition) is 0. The molecule has 322 valence electrons. The normalized spacial score (nSPS) is 11.5. The van der Waals surface area contributed by atoms with E-state index >= 15 is 0 Å². The Morgan fingerprint density at radius 2 is 0.565 bits per heavy atom. The van der Waals surface area contributed by atoms with Gasteiger partial charge >= 0.3 is 0 Å². The molecule has 69 heavy (non-hydrogen) atoms. The Kier molecular flexibility index (Phi) is 9.91. The van der Waals surface area contributed by atoms with Gasteiger partial charge in [0, 0.05) is 17.1 Å². The SMILES string of the molecule is c1ccc(-c2c(-c3ccc(N(c4ccc(-c5ccc(-c6ccc7ccccc7c6)cc5)cc4)c4ccc(-c5ccc6c7ccccc7c7ccccc7c6c5)cc4)cc3)ccc3ccccc23)cc1. The molecule has 0 atom stereocenters. The van der Waals surface area contributed by atoms with Crippen LogP contribution in [0.25, 0.3) is 109 Å². The van der Waals surface area contributed by atoms with Crippen LogP contribution in [-0.4, -0.2) is 0 Å². The van der Waals surface area contributed by atoms with Gasteiger partial charge in [-0.25, -0.2) is 0 Å². The molecular weight excluding hydrogens is 831 g/mol. The summed E-state index contributed by atoms with van der Waals surface area (Å²) in [7, 11) is 0. The molecule has 0 bridgehead atoms. The van der Waals surface area contributed by atoms with E-state index in [0.717, 1.165) is 17.1 Å². The molecule has 0 aliphatic heterocycles. The van der Waals surface area contributed by atoms with Gasteiger partial charge in [-0.05, 0) is 158 Å². The summed E-state index contributed by atoms with van der Waals surface area (Å²) in [5.74, 6) is 0. The van der Waals surface area contributed by atoms with E-state index in [0.29, 0.717) is 0 Å². The molecule has 0 unspecified atom stereocenters. The lowest BCUT2D eigenvalue weighted by Gasteiger charge is -2.26. The second-order valence-corrected chi connectivity index (χ2v) is 18.0. The molecule has 0 heterocycles. The highest BCUT2D eigenvalue weighted by molar-refractivity contribution is 6.25. The van der Waals surface area contributed by atoms with Gasteiger partial charge in [-0.2, -0.15) is 0 Å². The summed E-state index contributed by atoms with van der Waals surface area (Å²) in [5, 5.41) is 12.7. The zero-order valence-corrected chi connectivity index (χ0v) is 37.9. The first-order valence-corrected chi connectivity index (χ1v) is 23.8. The van der Waals surface area contributed by atoms with Gasteiger partial charge in [0.15, 0.2) is 0 Å². The second kappa shape index (κ2) is 17.0. The fraction of sp³-hybridized carbons (Fsp3) is 0. The first-order chi connectivity index (χ1) is 34.2. The first-order valence-electron chi connectivity index (χ1n) is 23.8. The third kappa shape index (κ3) is 7.29. The summed E-state index contributed by atoms with van der Waals surface area (Å²) in [4.78, 5) is 2.37. The van der Waals surface area contributed by atoms with Crippen LogP contribution in [0.1, 0.15) is 0 Å². The molecule has 13 rings (SSSR count). The highest BCUT2D eigenvalue weighted by Gasteiger charge is 2.17. The van der Waals surface area contributed by atoms with Gasteiger partial charge in [-0.15, -0.1) is 0 Å². The number of hydrogen-bond acceptors (Lipinski definition) is 1. The smallest absolute Gasteiger partial charge is 0.0462 e. The van der Waals surface area contributed by atoms with Gasteiger partial charge in [0.2, 0.25) is 0 Å². The van der Waals surface area contributed by atoms with Crippen LogP contribution in [-0.2, 0) is 0 Å². The molecule has 0 fully saturated rings. The molecule has 0 spiro atoms. The average molecular weight is 876 g/mol. The van der Waals surface area contributed by atoms with Gasteiger partial charge in [0.1, 0.15) is 0 Å². The van der Waals surface area contributed by atoms with E-state index in [1.54, 1.807) is 0 Å². The van der Waals surface area contributed by atoms with Crippen LogP contribution >= 0.6 is 0 Å². The maximum Gasteiger partial charge on any atom is 0.0462 e. The summed E-state index contributed by atoms with van der Waals surface area (Å²) in [6.45, 7) is 0. The maximum atomic E-state index is 2.37.